The molecule has 0 radical (unpaired) electrons. The number of amides is 2. The molecule has 2 N–H and O–H groups in total. The zero-order valence-electron chi connectivity index (χ0n) is 8.07. The number of fused-ring (bicyclic) bond motifs is 1. The molecule has 0 bridgehead atoms. The van der Waals surface area contributed by atoms with Gasteiger partial charge in [-0.2, -0.15) is 0 Å². The normalized spacial score (nSPS) is 17.0. The molecule has 16 heavy (non-hydrogen) atoms. The number of carbonyl (C=O) groups excluding carboxylic acids is 1. The molecule has 86 valence electrons. The van der Waals surface area contributed by atoms with Crippen molar-refractivity contribution in [1.29, 1.82) is 0 Å². The zero-order valence-corrected chi connectivity index (χ0v) is 8.89. The van der Waals surface area contributed by atoms with Crippen molar-refractivity contribution in [3.05, 3.63) is 17.9 Å². The van der Waals surface area contributed by atoms with Gasteiger partial charge in [0, 0.05) is 0 Å². The molecule has 0 fully saturated rings. The molecule has 1 aliphatic heterocycles. The van der Waals surface area contributed by atoms with Crippen LogP contribution in [0, 0.1) is 5.82 Å². The molecule has 0 saturated carbocycles. The summed E-state index contributed by atoms with van der Waals surface area (Å²) >= 11 is 0. The van der Waals surface area contributed by atoms with Crippen molar-refractivity contribution in [2.45, 2.75) is 4.90 Å². The molecule has 1 heterocycles. The number of halogens is 1. The number of benzene rings is 1. The highest BCUT2D eigenvalue weighted by molar-refractivity contribution is 7.90. The van der Waals surface area contributed by atoms with Gasteiger partial charge in [0.2, 0.25) is 0 Å². The fourth-order valence-corrected chi connectivity index (χ4v) is 2.46. The average Bonchev–Trinajstić information content (AvgIpc) is 2.15. The van der Waals surface area contributed by atoms with E-state index in [1.54, 1.807) is 4.72 Å². The van der Waals surface area contributed by atoms with Gasteiger partial charge in [-0.3, -0.25) is 0 Å². The summed E-state index contributed by atoms with van der Waals surface area (Å²) in [6.07, 6.45) is 0. The number of ether oxygens (including phenoxy) is 1. The van der Waals surface area contributed by atoms with E-state index in [9.17, 15) is 17.6 Å². The number of methoxy groups -OCH3 is 1. The summed E-state index contributed by atoms with van der Waals surface area (Å²) in [5, 5.41) is 2.18. The lowest BCUT2D eigenvalue weighted by molar-refractivity contribution is 0.256. The summed E-state index contributed by atoms with van der Waals surface area (Å²) in [6.45, 7) is 0. The minimum Gasteiger partial charge on any atom is -0.492 e. The number of hydrogen-bond donors (Lipinski definition) is 2. The van der Waals surface area contributed by atoms with Gasteiger partial charge < -0.3 is 10.1 Å². The molecule has 1 aliphatic rings. The second kappa shape index (κ2) is 3.34. The number of sulfonamides is 1. The first-order valence-corrected chi connectivity index (χ1v) is 5.64. The number of hydrogen-bond acceptors (Lipinski definition) is 4. The van der Waals surface area contributed by atoms with Crippen LogP contribution in [-0.4, -0.2) is 21.6 Å². The molecule has 0 atom stereocenters. The van der Waals surface area contributed by atoms with E-state index in [1.807, 2.05) is 0 Å². The molecule has 1 aromatic rings. The monoisotopic (exact) mass is 246 g/mol. The van der Waals surface area contributed by atoms with Crippen molar-refractivity contribution >= 4 is 21.7 Å². The molecule has 0 spiro atoms. The molecular formula is C8H7FN2O4S. The van der Waals surface area contributed by atoms with Gasteiger partial charge in [-0.25, -0.2) is 22.3 Å². The Balaban J connectivity index is 2.77. The van der Waals surface area contributed by atoms with Gasteiger partial charge in [0.15, 0.2) is 11.6 Å². The Kier molecular flexibility index (Phi) is 2.23. The lowest BCUT2D eigenvalue weighted by Crippen LogP contribution is -2.39. The first kappa shape index (κ1) is 10.7. The molecule has 1 aromatic carbocycles. The number of rotatable bonds is 1. The van der Waals surface area contributed by atoms with Crippen LogP contribution in [-0.2, 0) is 10.0 Å². The van der Waals surface area contributed by atoms with Gasteiger partial charge in [-0.15, -0.1) is 0 Å². The number of anilines is 1. The Morgan fingerprint density at radius 2 is 2.06 bits per heavy atom. The van der Waals surface area contributed by atoms with E-state index in [0.29, 0.717) is 0 Å². The lowest BCUT2D eigenvalue weighted by atomic mass is 10.2. The third-order valence-electron chi connectivity index (χ3n) is 2.03. The average molecular weight is 246 g/mol. The first-order chi connectivity index (χ1) is 7.45. The first-order valence-electron chi connectivity index (χ1n) is 4.16. The molecule has 0 aromatic heterocycles. The van der Waals surface area contributed by atoms with Crippen molar-refractivity contribution in [2.24, 2.45) is 0 Å². The van der Waals surface area contributed by atoms with Crippen LogP contribution in [0.2, 0.25) is 0 Å². The van der Waals surface area contributed by atoms with Gasteiger partial charge in [0.05, 0.1) is 7.11 Å². The maximum Gasteiger partial charge on any atom is 0.333 e. The van der Waals surface area contributed by atoms with Gasteiger partial charge >= 0.3 is 6.03 Å². The molecule has 2 rings (SSSR count). The highest BCUT2D eigenvalue weighted by Crippen LogP contribution is 2.35. The number of urea groups is 1. The number of carbonyl (C=O) groups is 1. The van der Waals surface area contributed by atoms with E-state index in [0.717, 1.165) is 12.1 Å². The van der Waals surface area contributed by atoms with Crippen LogP contribution in [0.25, 0.3) is 0 Å². The van der Waals surface area contributed by atoms with Gasteiger partial charge in [-0.05, 0) is 12.1 Å². The third kappa shape index (κ3) is 1.47. The molecular weight excluding hydrogens is 239 g/mol. The third-order valence-corrected chi connectivity index (χ3v) is 3.40. The summed E-state index contributed by atoms with van der Waals surface area (Å²) in [4.78, 5) is 10.8. The Bertz CT molecular complexity index is 570. The van der Waals surface area contributed by atoms with Crippen LogP contribution in [0.5, 0.6) is 5.75 Å². The molecule has 6 nitrogen and oxygen atoms in total. The van der Waals surface area contributed by atoms with Gasteiger partial charge in [0.25, 0.3) is 10.0 Å². The van der Waals surface area contributed by atoms with E-state index in [1.165, 1.54) is 7.11 Å². The summed E-state index contributed by atoms with van der Waals surface area (Å²) in [6, 6.07) is 1.06. The fraction of sp³-hybridized carbons (Fsp3) is 0.125. The standard InChI is InChI=1S/C8H7FN2O4S/c1-15-7-4(9)2-3-5-6(7)10-8(12)11-16(5,13)14/h2-3H,1H3,(H2,10,11,12). The predicted octanol–water partition coefficient (Wildman–Crippen LogP) is 0.658. The Morgan fingerprint density at radius 3 is 2.69 bits per heavy atom. The van der Waals surface area contributed by atoms with Crippen LogP contribution in [0.4, 0.5) is 14.9 Å². The SMILES string of the molecule is COc1c(F)ccc2c1NC(=O)NS2(=O)=O. The zero-order chi connectivity index (χ0) is 11.9. The molecule has 0 unspecified atom stereocenters. The quantitative estimate of drug-likeness (QED) is 0.762. The highest BCUT2D eigenvalue weighted by atomic mass is 32.2. The summed E-state index contributed by atoms with van der Waals surface area (Å²) in [7, 11) is -2.77. The Morgan fingerprint density at radius 1 is 1.38 bits per heavy atom. The Labute approximate surface area is 90.5 Å². The van der Waals surface area contributed by atoms with Crippen LogP contribution < -0.4 is 14.8 Å². The van der Waals surface area contributed by atoms with E-state index >= 15 is 0 Å². The van der Waals surface area contributed by atoms with E-state index in [-0.39, 0.29) is 16.3 Å². The van der Waals surface area contributed by atoms with E-state index in [4.69, 9.17) is 4.74 Å². The Hall–Kier alpha value is -1.83. The van der Waals surface area contributed by atoms with E-state index < -0.39 is 21.9 Å². The predicted molar refractivity (Wildman–Crippen MR) is 52.3 cm³/mol. The summed E-state index contributed by atoms with van der Waals surface area (Å²) in [5.41, 5.74) is -0.189. The molecule has 8 heteroatoms. The van der Waals surface area contributed by atoms with Crippen molar-refractivity contribution in [2.75, 3.05) is 12.4 Å². The lowest BCUT2D eigenvalue weighted by Gasteiger charge is -2.20. The minimum absolute atomic E-state index is 0.189. The van der Waals surface area contributed by atoms with Crippen molar-refractivity contribution in [3.63, 3.8) is 0 Å². The van der Waals surface area contributed by atoms with Crippen molar-refractivity contribution in [3.8, 4) is 5.75 Å². The molecule has 0 aliphatic carbocycles. The topological polar surface area (TPSA) is 84.5 Å². The van der Waals surface area contributed by atoms with Crippen LogP contribution in [0.15, 0.2) is 17.0 Å². The highest BCUT2D eigenvalue weighted by Gasteiger charge is 2.31. The second-order valence-corrected chi connectivity index (χ2v) is 4.66. The van der Waals surface area contributed by atoms with Gasteiger partial charge in [0.1, 0.15) is 10.6 Å². The molecule has 0 saturated heterocycles. The maximum atomic E-state index is 13.3. The maximum absolute atomic E-state index is 13.3. The van der Waals surface area contributed by atoms with E-state index in [2.05, 4.69) is 5.32 Å². The molecule has 2 amide bonds. The van der Waals surface area contributed by atoms with Gasteiger partial charge in [-0.1, -0.05) is 0 Å². The minimum atomic E-state index is -3.95. The van der Waals surface area contributed by atoms with Crippen LogP contribution in [0.3, 0.4) is 0 Å². The number of nitrogens with one attached hydrogen (secondary N) is 2. The van der Waals surface area contributed by atoms with Crippen molar-refractivity contribution in [1.82, 2.24) is 4.72 Å². The smallest absolute Gasteiger partial charge is 0.333 e. The second-order valence-electron chi connectivity index (χ2n) is 3.01. The summed E-state index contributed by atoms with van der Waals surface area (Å²) in [5.74, 6) is -1.06. The fourth-order valence-electron chi connectivity index (χ4n) is 1.40. The van der Waals surface area contributed by atoms with Crippen LogP contribution >= 0.6 is 0 Å². The van der Waals surface area contributed by atoms with Crippen molar-refractivity contribution < 1.29 is 22.3 Å². The largest absolute Gasteiger partial charge is 0.492 e. The van der Waals surface area contributed by atoms with Crippen LogP contribution in [0.1, 0.15) is 0 Å². The summed E-state index contributed by atoms with van der Waals surface area (Å²) < 4.78 is 42.7.